The lowest BCUT2D eigenvalue weighted by Gasteiger charge is -2.20. The van der Waals surface area contributed by atoms with Crippen LogP contribution in [0.2, 0.25) is 0 Å². The predicted molar refractivity (Wildman–Crippen MR) is 98.1 cm³/mol. The van der Waals surface area contributed by atoms with Crippen LogP contribution in [0.3, 0.4) is 0 Å². The maximum Gasteiger partial charge on any atom is 0.307 e. The molecule has 0 aromatic rings. The van der Waals surface area contributed by atoms with Crippen molar-refractivity contribution in [3.63, 3.8) is 0 Å². The Morgan fingerprint density at radius 1 is 0.960 bits per heavy atom. The fourth-order valence-electron chi connectivity index (χ4n) is 2.22. The minimum Gasteiger partial charge on any atom is -0.469 e. The summed E-state index contributed by atoms with van der Waals surface area (Å²) in [5, 5.41) is 0. The van der Waals surface area contributed by atoms with Crippen LogP contribution in [0.25, 0.3) is 0 Å². The third-order valence-corrected chi connectivity index (χ3v) is 3.71. The maximum atomic E-state index is 11.8. The van der Waals surface area contributed by atoms with E-state index in [0.717, 1.165) is 12.8 Å². The van der Waals surface area contributed by atoms with Gasteiger partial charge in [-0.25, -0.2) is 0 Å². The molecule has 0 saturated heterocycles. The van der Waals surface area contributed by atoms with Crippen LogP contribution in [0.4, 0.5) is 0 Å². The summed E-state index contributed by atoms with van der Waals surface area (Å²) in [6, 6.07) is 0. The largest absolute Gasteiger partial charge is 0.469 e. The van der Waals surface area contributed by atoms with E-state index >= 15 is 0 Å². The summed E-state index contributed by atoms with van der Waals surface area (Å²) in [5.41, 5.74) is 10.6. The van der Waals surface area contributed by atoms with Gasteiger partial charge >= 0.3 is 11.9 Å². The molecule has 0 radical (unpaired) electrons. The van der Waals surface area contributed by atoms with E-state index in [1.54, 1.807) is 0 Å². The number of nitrogens with zero attached hydrogens (tertiary/aromatic N) is 2. The molecule has 0 saturated carbocycles. The fourth-order valence-corrected chi connectivity index (χ4v) is 2.22. The number of guanidine groups is 1. The number of nitrogens with two attached hydrogens (primary N) is 2. The van der Waals surface area contributed by atoms with Crippen LogP contribution in [0.1, 0.15) is 51.9 Å². The lowest BCUT2D eigenvalue weighted by molar-refractivity contribution is -0.144. The van der Waals surface area contributed by atoms with E-state index in [1.165, 1.54) is 26.4 Å². The number of hydrogen-bond donors (Lipinski definition) is 2. The van der Waals surface area contributed by atoms with E-state index in [4.69, 9.17) is 16.2 Å². The van der Waals surface area contributed by atoms with Gasteiger partial charge in [-0.1, -0.05) is 32.6 Å². The predicted octanol–water partition coefficient (Wildman–Crippen LogP) is 1.03. The number of hydrogen-bond acceptors (Lipinski definition) is 6. The molecule has 0 unspecified atom stereocenters. The highest BCUT2D eigenvalue weighted by molar-refractivity contribution is 5.75. The molecule has 0 spiro atoms. The number of esters is 2. The zero-order valence-electron chi connectivity index (χ0n) is 15.7. The van der Waals surface area contributed by atoms with Crippen molar-refractivity contribution < 1.29 is 19.1 Å². The van der Waals surface area contributed by atoms with Gasteiger partial charge < -0.3 is 25.8 Å². The molecule has 146 valence electrons. The Kier molecular flexibility index (Phi) is 14.5. The summed E-state index contributed by atoms with van der Waals surface area (Å²) in [6.07, 6.45) is 6.12. The SMILES string of the molecule is CCCCCCCOC(=O)CCN(CCN=C(N)N)CCC(=O)OC. The molecular weight excluding hydrogens is 324 g/mol. The van der Waals surface area contributed by atoms with E-state index < -0.39 is 0 Å². The molecule has 0 aliphatic heterocycles. The van der Waals surface area contributed by atoms with Crippen LogP contribution in [0.15, 0.2) is 4.99 Å². The zero-order valence-corrected chi connectivity index (χ0v) is 15.7. The van der Waals surface area contributed by atoms with Gasteiger partial charge in [-0.2, -0.15) is 0 Å². The molecule has 0 aromatic carbocycles. The first-order valence-corrected chi connectivity index (χ1v) is 8.99. The van der Waals surface area contributed by atoms with E-state index in [-0.39, 0.29) is 30.7 Å². The minimum atomic E-state index is -0.290. The molecule has 25 heavy (non-hydrogen) atoms. The quantitative estimate of drug-likeness (QED) is 0.194. The van der Waals surface area contributed by atoms with Crippen molar-refractivity contribution in [2.75, 3.05) is 39.9 Å². The molecule has 0 fully saturated rings. The van der Waals surface area contributed by atoms with E-state index in [2.05, 4.69) is 16.7 Å². The van der Waals surface area contributed by atoms with Crippen LogP contribution in [-0.4, -0.2) is 62.7 Å². The van der Waals surface area contributed by atoms with Crippen LogP contribution < -0.4 is 11.5 Å². The smallest absolute Gasteiger partial charge is 0.307 e. The van der Waals surface area contributed by atoms with Gasteiger partial charge in [0.2, 0.25) is 0 Å². The first-order valence-electron chi connectivity index (χ1n) is 8.99. The van der Waals surface area contributed by atoms with E-state index in [1.807, 2.05) is 4.90 Å². The number of unbranched alkanes of at least 4 members (excludes halogenated alkanes) is 4. The van der Waals surface area contributed by atoms with Crippen LogP contribution in [-0.2, 0) is 19.1 Å². The van der Waals surface area contributed by atoms with E-state index in [9.17, 15) is 9.59 Å². The molecular formula is C17H34N4O4. The van der Waals surface area contributed by atoms with Gasteiger partial charge in [-0.3, -0.25) is 14.6 Å². The summed E-state index contributed by atoms with van der Waals surface area (Å²) in [5.74, 6) is -0.489. The monoisotopic (exact) mass is 358 g/mol. The molecule has 8 heteroatoms. The third-order valence-electron chi connectivity index (χ3n) is 3.71. The highest BCUT2D eigenvalue weighted by Gasteiger charge is 2.11. The number of carbonyl (C=O) groups is 2. The zero-order chi connectivity index (χ0) is 18.9. The summed E-state index contributed by atoms with van der Waals surface area (Å²) in [7, 11) is 1.35. The van der Waals surface area contributed by atoms with E-state index in [0.29, 0.717) is 32.8 Å². The van der Waals surface area contributed by atoms with Crippen molar-refractivity contribution in [1.82, 2.24) is 4.90 Å². The highest BCUT2D eigenvalue weighted by atomic mass is 16.5. The van der Waals surface area contributed by atoms with Gasteiger partial charge in [-0.05, 0) is 6.42 Å². The lowest BCUT2D eigenvalue weighted by atomic mass is 10.2. The fraction of sp³-hybridized carbons (Fsp3) is 0.824. The average molecular weight is 358 g/mol. The van der Waals surface area contributed by atoms with Crippen LogP contribution in [0, 0.1) is 0 Å². The third kappa shape index (κ3) is 15.4. The second kappa shape index (κ2) is 15.7. The second-order valence-electron chi connectivity index (χ2n) is 5.86. The summed E-state index contributed by atoms with van der Waals surface area (Å²) in [4.78, 5) is 29.0. The van der Waals surface area contributed by atoms with Crippen molar-refractivity contribution in [2.45, 2.75) is 51.9 Å². The first kappa shape index (κ1) is 23.2. The maximum absolute atomic E-state index is 11.8. The van der Waals surface area contributed by atoms with Crippen LogP contribution >= 0.6 is 0 Å². The van der Waals surface area contributed by atoms with Gasteiger partial charge in [0.05, 0.1) is 33.1 Å². The molecule has 0 heterocycles. The first-order chi connectivity index (χ1) is 12.0. The molecule has 0 rings (SSSR count). The minimum absolute atomic E-state index is 0.0235. The van der Waals surface area contributed by atoms with Gasteiger partial charge in [0.15, 0.2) is 5.96 Å². The van der Waals surface area contributed by atoms with Gasteiger partial charge in [0, 0.05) is 19.6 Å². The molecule has 0 atom stereocenters. The molecule has 0 bridgehead atoms. The molecule has 0 amide bonds. The van der Waals surface area contributed by atoms with Crippen molar-refractivity contribution in [2.24, 2.45) is 16.5 Å². The number of ether oxygens (including phenoxy) is 2. The lowest BCUT2D eigenvalue weighted by Crippen LogP contribution is -2.33. The Hall–Kier alpha value is -1.83. The molecule has 0 aliphatic carbocycles. The van der Waals surface area contributed by atoms with Crippen molar-refractivity contribution in [3.8, 4) is 0 Å². The highest BCUT2D eigenvalue weighted by Crippen LogP contribution is 2.03. The molecule has 4 N–H and O–H groups in total. The van der Waals surface area contributed by atoms with Crippen molar-refractivity contribution in [1.29, 1.82) is 0 Å². The second-order valence-corrected chi connectivity index (χ2v) is 5.86. The molecule has 0 aromatic heterocycles. The topological polar surface area (TPSA) is 120 Å². The van der Waals surface area contributed by atoms with Gasteiger partial charge in [0.25, 0.3) is 0 Å². The Morgan fingerprint density at radius 3 is 2.20 bits per heavy atom. The number of rotatable bonds is 15. The molecule has 8 nitrogen and oxygen atoms in total. The Bertz CT molecular complexity index is 398. The summed E-state index contributed by atoms with van der Waals surface area (Å²) < 4.78 is 9.87. The van der Waals surface area contributed by atoms with Crippen molar-refractivity contribution >= 4 is 17.9 Å². The number of methoxy groups -OCH3 is 1. The van der Waals surface area contributed by atoms with Gasteiger partial charge in [-0.15, -0.1) is 0 Å². The summed E-state index contributed by atoms with van der Waals surface area (Å²) in [6.45, 7) is 4.58. The average Bonchev–Trinajstić information content (AvgIpc) is 2.59. The summed E-state index contributed by atoms with van der Waals surface area (Å²) >= 11 is 0. The Labute approximate surface area is 150 Å². The normalized spacial score (nSPS) is 10.5. The standard InChI is InChI=1S/C17H34N4O4/c1-3-4-5-6-7-14-25-16(23)9-12-21(11-8-15(22)24-2)13-10-20-17(18)19/h3-14H2,1-2H3,(H4,18,19,20). The molecule has 0 aliphatic rings. The Balaban J connectivity index is 4.05. The van der Waals surface area contributed by atoms with Crippen LogP contribution in [0.5, 0.6) is 0 Å². The van der Waals surface area contributed by atoms with Crippen molar-refractivity contribution in [3.05, 3.63) is 0 Å². The van der Waals surface area contributed by atoms with Gasteiger partial charge in [0.1, 0.15) is 0 Å². The number of aliphatic imine (C=N–C) groups is 1. The Morgan fingerprint density at radius 2 is 1.60 bits per heavy atom. The number of carbonyl (C=O) groups excluding carboxylic acids is 2.